The molecule has 0 aliphatic heterocycles. The van der Waals surface area contributed by atoms with E-state index in [1.54, 1.807) is 49.1 Å². The molecule has 0 fully saturated rings. The van der Waals surface area contributed by atoms with Crippen molar-refractivity contribution in [1.82, 2.24) is 20.1 Å². The predicted molar refractivity (Wildman–Crippen MR) is 139 cm³/mol. The zero-order chi connectivity index (χ0) is 24.5. The average Bonchev–Trinajstić information content (AvgIpc) is 3.61. The summed E-state index contributed by atoms with van der Waals surface area (Å²) in [4.78, 5) is 13.5. The van der Waals surface area contributed by atoms with Crippen LogP contribution in [-0.4, -0.2) is 28.5 Å². The lowest BCUT2D eigenvalue weighted by atomic mass is 9.98. The number of hydrogen-bond acceptors (Lipinski definition) is 8. The van der Waals surface area contributed by atoms with Gasteiger partial charge >= 0.3 is 0 Å². The fraction of sp³-hybridized carbons (Fsp3) is 0. The van der Waals surface area contributed by atoms with Crippen molar-refractivity contribution in [2.75, 3.05) is 4.72 Å². The van der Waals surface area contributed by atoms with Crippen LogP contribution in [0.5, 0.6) is 0 Å². The largest absolute Gasteiger partial charge is 0.355 e. The molecule has 0 amide bonds. The summed E-state index contributed by atoms with van der Waals surface area (Å²) in [5, 5.41) is 4.65. The van der Waals surface area contributed by atoms with E-state index in [0.717, 1.165) is 44.5 Å². The molecular formula is C26H17N5O3S2. The normalized spacial score (nSPS) is 11.6. The number of benzene rings is 1. The van der Waals surface area contributed by atoms with Gasteiger partial charge in [-0.1, -0.05) is 11.2 Å². The van der Waals surface area contributed by atoms with Gasteiger partial charge in [0.15, 0.2) is 5.76 Å². The Hall–Kier alpha value is -4.41. The number of aromatic nitrogens is 4. The van der Waals surface area contributed by atoms with Crippen LogP contribution in [0.4, 0.5) is 5.69 Å². The highest BCUT2D eigenvalue weighted by Crippen LogP contribution is 2.33. The molecule has 0 atom stereocenters. The number of nitrogens with one attached hydrogen (secondary N) is 1. The van der Waals surface area contributed by atoms with Gasteiger partial charge in [0.05, 0.1) is 28.5 Å². The van der Waals surface area contributed by atoms with E-state index in [1.807, 2.05) is 36.4 Å². The van der Waals surface area contributed by atoms with Crippen molar-refractivity contribution in [1.29, 1.82) is 0 Å². The first-order valence-corrected chi connectivity index (χ1v) is 13.2. The summed E-state index contributed by atoms with van der Waals surface area (Å²) in [5.74, 6) is 0.516. The number of sulfonamides is 1. The molecular weight excluding hydrogens is 494 g/mol. The molecule has 5 heterocycles. The van der Waals surface area contributed by atoms with Crippen LogP contribution in [0.1, 0.15) is 0 Å². The van der Waals surface area contributed by atoms with Gasteiger partial charge in [0.1, 0.15) is 4.21 Å². The molecule has 0 bridgehead atoms. The molecule has 0 unspecified atom stereocenters. The zero-order valence-electron chi connectivity index (χ0n) is 18.6. The van der Waals surface area contributed by atoms with E-state index in [2.05, 4.69) is 24.8 Å². The van der Waals surface area contributed by atoms with Crippen LogP contribution in [0.2, 0.25) is 0 Å². The quantitative estimate of drug-likeness (QED) is 0.297. The van der Waals surface area contributed by atoms with Crippen molar-refractivity contribution in [2.24, 2.45) is 0 Å². The summed E-state index contributed by atoms with van der Waals surface area (Å²) in [5.41, 5.74) is 4.96. The van der Waals surface area contributed by atoms with Crippen molar-refractivity contribution >= 4 is 38.0 Å². The van der Waals surface area contributed by atoms with Crippen molar-refractivity contribution in [3.05, 3.63) is 97.8 Å². The first-order chi connectivity index (χ1) is 17.6. The van der Waals surface area contributed by atoms with Gasteiger partial charge in [-0.2, -0.15) is 0 Å². The van der Waals surface area contributed by atoms with Crippen LogP contribution in [0.15, 0.2) is 107 Å². The Labute approximate surface area is 210 Å². The third kappa shape index (κ3) is 4.23. The van der Waals surface area contributed by atoms with Crippen molar-refractivity contribution in [2.45, 2.75) is 4.21 Å². The molecule has 0 aliphatic rings. The van der Waals surface area contributed by atoms with Gasteiger partial charge in [-0.15, -0.1) is 11.3 Å². The Bertz CT molecular complexity index is 1780. The van der Waals surface area contributed by atoms with Crippen LogP contribution >= 0.6 is 11.3 Å². The molecule has 0 spiro atoms. The van der Waals surface area contributed by atoms with E-state index in [1.165, 1.54) is 12.4 Å². The summed E-state index contributed by atoms with van der Waals surface area (Å²) in [6.45, 7) is 0. The molecule has 5 aromatic heterocycles. The second kappa shape index (κ2) is 8.99. The number of anilines is 1. The van der Waals surface area contributed by atoms with E-state index >= 15 is 0 Å². The monoisotopic (exact) mass is 511 g/mol. The average molecular weight is 512 g/mol. The number of thiophene rings is 1. The summed E-state index contributed by atoms with van der Waals surface area (Å²) in [6, 6.07) is 18.5. The van der Waals surface area contributed by atoms with E-state index in [0.29, 0.717) is 16.3 Å². The van der Waals surface area contributed by atoms with Crippen molar-refractivity contribution < 1.29 is 12.9 Å². The topological polar surface area (TPSA) is 111 Å². The van der Waals surface area contributed by atoms with E-state index in [9.17, 15) is 8.42 Å². The molecule has 0 saturated carbocycles. The smallest absolute Gasteiger partial charge is 0.271 e. The van der Waals surface area contributed by atoms with Crippen LogP contribution in [-0.2, 0) is 10.0 Å². The molecule has 10 heteroatoms. The second-order valence-electron chi connectivity index (χ2n) is 7.89. The number of pyridine rings is 3. The SMILES string of the molecule is O=S(=O)(Nc1cncc(-c2ccc3nccc(-c4ccncc4)c3c2)c1)c1ccc(-c2ccno2)s1. The Morgan fingerprint density at radius 2 is 1.67 bits per heavy atom. The number of fused-ring (bicyclic) bond motifs is 1. The molecule has 6 rings (SSSR count). The molecule has 0 radical (unpaired) electrons. The Kier molecular flexibility index (Phi) is 5.51. The molecule has 0 aliphatic carbocycles. The van der Waals surface area contributed by atoms with Gasteiger partial charge in [0.2, 0.25) is 0 Å². The van der Waals surface area contributed by atoms with Crippen LogP contribution in [0.3, 0.4) is 0 Å². The van der Waals surface area contributed by atoms with E-state index in [4.69, 9.17) is 4.52 Å². The van der Waals surface area contributed by atoms with Gasteiger partial charge in [0.25, 0.3) is 10.0 Å². The van der Waals surface area contributed by atoms with E-state index < -0.39 is 10.0 Å². The summed E-state index contributed by atoms with van der Waals surface area (Å²) >= 11 is 1.10. The van der Waals surface area contributed by atoms with E-state index in [-0.39, 0.29) is 4.21 Å². The van der Waals surface area contributed by atoms with Gasteiger partial charge in [0, 0.05) is 41.8 Å². The molecule has 1 N–H and O–H groups in total. The number of rotatable bonds is 6. The molecule has 6 aromatic rings. The first kappa shape index (κ1) is 22.1. The standard InChI is InChI=1S/C26H17N5O3S2/c32-36(33,26-4-3-25(35-26)24-8-12-30-34-24)31-20-13-19(15-28-16-20)18-1-2-23-22(14-18)21(7-11-29-23)17-5-9-27-10-6-17/h1-16,31H. The maximum Gasteiger partial charge on any atom is 0.271 e. The lowest BCUT2D eigenvalue weighted by molar-refractivity contribution is 0.433. The van der Waals surface area contributed by atoms with Crippen LogP contribution in [0.25, 0.3) is 43.8 Å². The highest BCUT2D eigenvalue weighted by molar-refractivity contribution is 7.94. The second-order valence-corrected chi connectivity index (χ2v) is 10.9. The lowest BCUT2D eigenvalue weighted by Crippen LogP contribution is -2.11. The fourth-order valence-corrected chi connectivity index (χ4v) is 6.21. The molecule has 176 valence electrons. The fourth-order valence-electron chi connectivity index (χ4n) is 3.91. The van der Waals surface area contributed by atoms with Gasteiger partial charge < -0.3 is 4.52 Å². The van der Waals surface area contributed by atoms with Crippen LogP contribution in [0, 0.1) is 0 Å². The van der Waals surface area contributed by atoms with Crippen molar-refractivity contribution in [3.8, 4) is 32.9 Å². The van der Waals surface area contributed by atoms with Crippen LogP contribution < -0.4 is 4.72 Å². The Morgan fingerprint density at radius 3 is 2.50 bits per heavy atom. The third-order valence-electron chi connectivity index (χ3n) is 5.58. The summed E-state index contributed by atoms with van der Waals surface area (Å²) in [7, 11) is -3.81. The molecule has 8 nitrogen and oxygen atoms in total. The predicted octanol–water partition coefficient (Wildman–Crippen LogP) is 5.88. The van der Waals surface area contributed by atoms with Crippen molar-refractivity contribution in [3.63, 3.8) is 0 Å². The lowest BCUT2D eigenvalue weighted by Gasteiger charge is -2.10. The Morgan fingerprint density at radius 1 is 0.778 bits per heavy atom. The third-order valence-corrected chi connectivity index (χ3v) is 8.56. The summed E-state index contributed by atoms with van der Waals surface area (Å²) < 4.78 is 34.0. The first-order valence-electron chi connectivity index (χ1n) is 10.9. The van der Waals surface area contributed by atoms with Gasteiger partial charge in [-0.05, 0) is 65.2 Å². The maximum atomic E-state index is 13.0. The zero-order valence-corrected chi connectivity index (χ0v) is 20.2. The number of nitrogens with zero attached hydrogens (tertiary/aromatic N) is 4. The maximum absolute atomic E-state index is 13.0. The minimum atomic E-state index is -3.81. The molecule has 0 saturated heterocycles. The van der Waals surface area contributed by atoms with Gasteiger partial charge in [-0.25, -0.2) is 8.42 Å². The minimum absolute atomic E-state index is 0.165. The highest BCUT2D eigenvalue weighted by atomic mass is 32.2. The Balaban J connectivity index is 1.33. The number of hydrogen-bond donors (Lipinski definition) is 1. The van der Waals surface area contributed by atoms with Gasteiger partial charge in [-0.3, -0.25) is 19.7 Å². The molecule has 36 heavy (non-hydrogen) atoms. The highest BCUT2D eigenvalue weighted by Gasteiger charge is 2.19. The molecule has 1 aromatic carbocycles. The minimum Gasteiger partial charge on any atom is -0.355 e. The summed E-state index contributed by atoms with van der Waals surface area (Å²) in [6.07, 6.45) is 10.0.